The molecule has 0 saturated carbocycles. The molecule has 0 unspecified atom stereocenters. The first-order valence-electron chi connectivity index (χ1n) is 14.2. The lowest BCUT2D eigenvalue weighted by atomic mass is 9.89. The van der Waals surface area contributed by atoms with Crippen molar-refractivity contribution >= 4 is 73.0 Å². The molecule has 43 heavy (non-hydrogen) atoms. The molecule has 0 radical (unpaired) electrons. The maximum Gasteiger partial charge on any atom is 0.137 e. The zero-order valence-electron chi connectivity index (χ0n) is 23.2. The summed E-state index contributed by atoms with van der Waals surface area (Å²) in [6.07, 6.45) is 3.94. The zero-order valence-corrected chi connectivity index (χ0v) is 23.2. The summed E-state index contributed by atoms with van der Waals surface area (Å²) in [6, 6.07) is 45.3. The molecule has 5 heteroatoms. The predicted molar refractivity (Wildman–Crippen MR) is 179 cm³/mol. The van der Waals surface area contributed by atoms with Crippen molar-refractivity contribution in [1.29, 1.82) is 5.41 Å². The number of fused-ring (bicyclic) bond motifs is 6. The molecule has 1 aliphatic carbocycles. The maximum atomic E-state index is 9.18. The van der Waals surface area contributed by atoms with Crippen LogP contribution in [0.2, 0.25) is 0 Å². The molecule has 0 aliphatic heterocycles. The third-order valence-electron chi connectivity index (χ3n) is 7.94. The average molecular weight is 555 g/mol. The molecule has 6 aromatic carbocycles. The fourth-order valence-corrected chi connectivity index (χ4v) is 5.87. The van der Waals surface area contributed by atoms with Crippen LogP contribution < -0.4 is 10.3 Å². The van der Waals surface area contributed by atoms with E-state index in [2.05, 4.69) is 82.2 Å². The first-order valence-corrected chi connectivity index (χ1v) is 14.2. The largest absolute Gasteiger partial charge is 0.456 e. The number of hydrogen-bond acceptors (Lipinski definition) is 5. The Balaban J connectivity index is 1.26. The van der Waals surface area contributed by atoms with Gasteiger partial charge in [0.15, 0.2) is 0 Å². The number of hydrogen-bond donors (Lipinski definition) is 2. The summed E-state index contributed by atoms with van der Waals surface area (Å²) in [6.45, 7) is 0. The lowest BCUT2D eigenvalue weighted by molar-refractivity contribution is 0.669. The highest BCUT2D eigenvalue weighted by Crippen LogP contribution is 2.40. The van der Waals surface area contributed by atoms with Crippen molar-refractivity contribution < 1.29 is 4.42 Å². The zero-order chi connectivity index (χ0) is 28.8. The van der Waals surface area contributed by atoms with E-state index in [-0.39, 0.29) is 0 Å². The van der Waals surface area contributed by atoms with Gasteiger partial charge in [-0.3, -0.25) is 10.8 Å². The van der Waals surface area contributed by atoms with Crippen LogP contribution in [0.15, 0.2) is 149 Å². The molecule has 1 aromatic heterocycles. The van der Waals surface area contributed by atoms with E-state index < -0.39 is 0 Å². The first kappa shape index (κ1) is 24.8. The second-order valence-electron chi connectivity index (χ2n) is 10.6. The van der Waals surface area contributed by atoms with Crippen LogP contribution in [0.3, 0.4) is 0 Å². The molecular weight excluding hydrogens is 528 g/mol. The summed E-state index contributed by atoms with van der Waals surface area (Å²) in [4.78, 5) is 2.24. The summed E-state index contributed by atoms with van der Waals surface area (Å²) >= 11 is 0. The van der Waals surface area contributed by atoms with Crippen LogP contribution in [0.1, 0.15) is 11.1 Å². The maximum absolute atomic E-state index is 9.18. The number of nitrogens with zero attached hydrogens (tertiary/aromatic N) is 2. The lowest BCUT2D eigenvalue weighted by Crippen LogP contribution is -2.19. The number of furan rings is 1. The molecule has 0 fully saturated rings. The summed E-state index contributed by atoms with van der Waals surface area (Å²) < 4.78 is 6.26. The van der Waals surface area contributed by atoms with Crippen LogP contribution in [0, 0.1) is 5.41 Å². The number of hydrazone groups is 1. The molecule has 0 spiro atoms. The SMILES string of the molecule is N=C1/C(=N\Nc2ccccc2)C=Cc2ccc3ccc(N(c4ccccc4)c4ccc5c(c4)oc4ccccc45)cc3c21. The van der Waals surface area contributed by atoms with Crippen molar-refractivity contribution in [2.45, 2.75) is 0 Å². The normalized spacial score (nSPS) is 13.6. The minimum Gasteiger partial charge on any atom is -0.456 e. The number of rotatable bonds is 5. The summed E-state index contributed by atoms with van der Waals surface area (Å²) in [5.41, 5.74) is 11.6. The quantitative estimate of drug-likeness (QED) is 0.208. The highest BCUT2D eigenvalue weighted by Gasteiger charge is 2.21. The van der Waals surface area contributed by atoms with Crippen LogP contribution >= 0.6 is 0 Å². The molecule has 7 aromatic rings. The van der Waals surface area contributed by atoms with Gasteiger partial charge in [-0.25, -0.2) is 0 Å². The van der Waals surface area contributed by atoms with Crippen molar-refractivity contribution in [1.82, 2.24) is 0 Å². The smallest absolute Gasteiger partial charge is 0.137 e. The van der Waals surface area contributed by atoms with E-state index in [1.54, 1.807) is 0 Å². The third kappa shape index (κ3) is 4.35. The van der Waals surface area contributed by atoms with Crippen LogP contribution in [-0.4, -0.2) is 11.4 Å². The predicted octanol–water partition coefficient (Wildman–Crippen LogP) is 10.1. The van der Waals surface area contributed by atoms with Gasteiger partial charge in [-0.15, -0.1) is 0 Å². The molecule has 2 N–H and O–H groups in total. The standard InChI is InChI=1S/C38H26N4O/c39-38-34(41-40-27-9-3-1-4-10-27)22-18-26-16-15-25-17-19-29(23-33(25)37(26)38)42(28-11-5-2-6-12-28)30-20-21-32-31-13-7-8-14-35(31)43-36(32)24-30/h1-24,39-40H/b39-38?,41-34-. The Bertz CT molecular complexity index is 2230. The van der Waals surface area contributed by atoms with E-state index in [4.69, 9.17) is 4.42 Å². The van der Waals surface area contributed by atoms with Gasteiger partial charge in [0.05, 0.1) is 11.4 Å². The van der Waals surface area contributed by atoms with E-state index in [0.717, 1.165) is 66.6 Å². The monoisotopic (exact) mass is 554 g/mol. The molecule has 204 valence electrons. The Hall–Kier alpha value is -5.94. The third-order valence-corrected chi connectivity index (χ3v) is 7.94. The molecular formula is C38H26N4O. The van der Waals surface area contributed by atoms with E-state index in [1.807, 2.05) is 78.9 Å². The minimum atomic E-state index is 0.388. The Labute approximate surface area is 248 Å². The number of benzene rings is 6. The molecule has 5 nitrogen and oxygen atoms in total. The van der Waals surface area contributed by atoms with Crippen LogP contribution in [0.5, 0.6) is 0 Å². The molecule has 0 atom stereocenters. The fraction of sp³-hybridized carbons (Fsp3) is 0. The van der Waals surface area contributed by atoms with Crippen molar-refractivity contribution in [3.63, 3.8) is 0 Å². The summed E-state index contributed by atoms with van der Waals surface area (Å²) in [5.74, 6) is 0. The molecule has 8 rings (SSSR count). The van der Waals surface area contributed by atoms with Crippen molar-refractivity contribution in [2.24, 2.45) is 5.10 Å². The summed E-state index contributed by atoms with van der Waals surface area (Å²) in [5, 5.41) is 18.0. The topological polar surface area (TPSA) is 64.6 Å². The van der Waals surface area contributed by atoms with E-state index in [1.165, 1.54) is 0 Å². The second kappa shape index (κ2) is 10.2. The van der Waals surface area contributed by atoms with E-state index >= 15 is 0 Å². The average Bonchev–Trinajstić information content (AvgIpc) is 3.43. The highest BCUT2D eigenvalue weighted by molar-refractivity contribution is 6.55. The van der Waals surface area contributed by atoms with Gasteiger partial charge in [0.2, 0.25) is 0 Å². The van der Waals surface area contributed by atoms with Gasteiger partial charge in [0.25, 0.3) is 0 Å². The lowest BCUT2D eigenvalue weighted by Gasteiger charge is -2.26. The Morgan fingerprint density at radius 3 is 2.14 bits per heavy atom. The van der Waals surface area contributed by atoms with Gasteiger partial charge in [0, 0.05) is 39.5 Å². The number of para-hydroxylation sites is 3. The second-order valence-corrected chi connectivity index (χ2v) is 10.6. The van der Waals surface area contributed by atoms with E-state index in [0.29, 0.717) is 11.4 Å². The van der Waals surface area contributed by atoms with E-state index in [9.17, 15) is 5.41 Å². The summed E-state index contributed by atoms with van der Waals surface area (Å²) in [7, 11) is 0. The van der Waals surface area contributed by atoms with Gasteiger partial charge in [-0.1, -0.05) is 78.9 Å². The number of nitrogens with one attached hydrogen (secondary N) is 2. The van der Waals surface area contributed by atoms with Crippen LogP contribution in [0.25, 0.3) is 38.8 Å². The van der Waals surface area contributed by atoms with Gasteiger partial charge >= 0.3 is 0 Å². The number of anilines is 4. The van der Waals surface area contributed by atoms with Crippen molar-refractivity contribution in [2.75, 3.05) is 10.3 Å². The van der Waals surface area contributed by atoms with Gasteiger partial charge in [-0.05, 0) is 77.0 Å². The minimum absolute atomic E-state index is 0.388. The Morgan fingerprint density at radius 2 is 1.28 bits per heavy atom. The molecule has 1 heterocycles. The Kier molecular flexibility index (Phi) is 5.86. The fourth-order valence-electron chi connectivity index (χ4n) is 5.87. The van der Waals surface area contributed by atoms with Gasteiger partial charge in [-0.2, -0.15) is 5.10 Å². The molecule has 0 saturated heterocycles. The van der Waals surface area contributed by atoms with Gasteiger partial charge in [0.1, 0.15) is 16.9 Å². The van der Waals surface area contributed by atoms with Crippen LogP contribution in [-0.2, 0) is 0 Å². The highest BCUT2D eigenvalue weighted by atomic mass is 16.3. The molecule has 0 amide bonds. The number of allylic oxidation sites excluding steroid dienone is 1. The Morgan fingerprint density at radius 1 is 0.581 bits per heavy atom. The molecule has 0 bridgehead atoms. The van der Waals surface area contributed by atoms with Crippen LogP contribution in [0.4, 0.5) is 22.7 Å². The van der Waals surface area contributed by atoms with Gasteiger partial charge < -0.3 is 9.32 Å². The first-order chi connectivity index (χ1) is 21.2. The van der Waals surface area contributed by atoms with Crippen molar-refractivity contribution in [3.8, 4) is 0 Å². The molecule has 1 aliphatic rings. The van der Waals surface area contributed by atoms with Crippen molar-refractivity contribution in [3.05, 3.63) is 151 Å².